The molecule has 0 saturated carbocycles. The lowest BCUT2D eigenvalue weighted by molar-refractivity contribution is 0.103. The van der Waals surface area contributed by atoms with Crippen LogP contribution >= 0.6 is 0 Å². The Hall–Kier alpha value is -3.92. The van der Waals surface area contributed by atoms with Crippen LogP contribution in [0.1, 0.15) is 70.0 Å². The minimum atomic E-state index is -0.334. The highest BCUT2D eigenvalue weighted by molar-refractivity contribution is 6.08. The molecule has 0 N–H and O–H groups in total. The summed E-state index contributed by atoms with van der Waals surface area (Å²) in [6.07, 6.45) is 1.66. The van der Waals surface area contributed by atoms with Gasteiger partial charge in [0.2, 0.25) is 0 Å². The second-order valence-electron chi connectivity index (χ2n) is 11.6. The van der Waals surface area contributed by atoms with E-state index in [1.54, 1.807) is 12.3 Å². The minimum Gasteiger partial charge on any atom is -0.464 e. The van der Waals surface area contributed by atoms with E-state index in [0.29, 0.717) is 11.0 Å². The molecular weight excluding hydrogens is 460 g/mol. The lowest BCUT2D eigenvalue weighted by atomic mass is 9.85. The minimum absolute atomic E-state index is 0.0752. The van der Waals surface area contributed by atoms with Gasteiger partial charge in [0.25, 0.3) is 0 Å². The van der Waals surface area contributed by atoms with Crippen LogP contribution in [0.25, 0.3) is 21.9 Å². The number of carbonyl (C=O) groups is 1. The van der Waals surface area contributed by atoms with Crippen molar-refractivity contribution in [3.63, 3.8) is 0 Å². The van der Waals surface area contributed by atoms with Crippen LogP contribution in [0.5, 0.6) is 0 Å². The number of rotatable bonds is 2. The van der Waals surface area contributed by atoms with Gasteiger partial charge in [-0.15, -0.1) is 0 Å². The highest BCUT2D eigenvalue weighted by Gasteiger charge is 2.24. The lowest BCUT2D eigenvalue weighted by Gasteiger charge is -2.20. The molecule has 4 heteroatoms. The Morgan fingerprint density at radius 1 is 0.649 bits per heavy atom. The van der Waals surface area contributed by atoms with Gasteiger partial charge in [0.05, 0.1) is 6.26 Å². The largest absolute Gasteiger partial charge is 0.464 e. The Balaban J connectivity index is 0.000000178. The van der Waals surface area contributed by atoms with E-state index in [1.165, 1.54) is 6.07 Å². The number of hydrogen-bond donors (Lipinski definition) is 0. The molecule has 5 rings (SSSR count). The van der Waals surface area contributed by atoms with Crippen LogP contribution in [0.3, 0.4) is 0 Å². The Bertz CT molecular complexity index is 1460. The van der Waals surface area contributed by atoms with Crippen molar-refractivity contribution in [1.82, 2.24) is 0 Å². The van der Waals surface area contributed by atoms with Crippen molar-refractivity contribution >= 4 is 27.7 Å². The van der Waals surface area contributed by atoms with Crippen molar-refractivity contribution in [3.05, 3.63) is 118 Å². The fraction of sp³-hybridized carbons (Fsp3) is 0.273. The van der Waals surface area contributed by atoms with E-state index in [9.17, 15) is 9.59 Å². The summed E-state index contributed by atoms with van der Waals surface area (Å²) in [7, 11) is 0. The number of fused-ring (bicyclic) bond motifs is 2. The number of benzene rings is 3. The standard InChI is InChI=1S/C15H14O3.C13H10O.C5H12/c1-15(2,3)12-13-10(6-7-17-13)8-9-4-5-11(16)18-14(9)12;14-13(11-7-3-1-4-8-11)12-9-5-2-6-10-12;1-5(2,3)4/h4-8H,1-3H3;1-10H;1-4H3. The quantitative estimate of drug-likeness (QED) is 0.181. The molecule has 0 saturated heterocycles. The molecule has 0 amide bonds. The van der Waals surface area contributed by atoms with Crippen LogP contribution < -0.4 is 5.63 Å². The van der Waals surface area contributed by atoms with Gasteiger partial charge < -0.3 is 8.83 Å². The van der Waals surface area contributed by atoms with Gasteiger partial charge in [-0.05, 0) is 29.0 Å². The molecule has 0 aliphatic rings. The van der Waals surface area contributed by atoms with Gasteiger partial charge in [-0.2, -0.15) is 0 Å². The van der Waals surface area contributed by atoms with Gasteiger partial charge in [-0.1, -0.05) is 109 Å². The van der Waals surface area contributed by atoms with Crippen LogP contribution in [-0.4, -0.2) is 5.78 Å². The molecule has 0 unspecified atom stereocenters. The summed E-state index contributed by atoms with van der Waals surface area (Å²) in [6, 6.07) is 25.8. The first-order chi connectivity index (χ1) is 17.3. The molecular formula is C33H36O4. The summed E-state index contributed by atoms with van der Waals surface area (Å²) >= 11 is 0. The third kappa shape index (κ3) is 7.78. The fourth-order valence-electron chi connectivity index (χ4n) is 3.67. The van der Waals surface area contributed by atoms with Crippen molar-refractivity contribution in [3.8, 4) is 0 Å². The van der Waals surface area contributed by atoms with Crippen LogP contribution in [0.2, 0.25) is 0 Å². The van der Waals surface area contributed by atoms with Crippen LogP contribution in [0.4, 0.5) is 0 Å². The molecule has 192 valence electrons. The fourth-order valence-corrected chi connectivity index (χ4v) is 3.67. The highest BCUT2D eigenvalue weighted by Crippen LogP contribution is 2.36. The smallest absolute Gasteiger partial charge is 0.336 e. The second kappa shape index (κ2) is 11.4. The molecule has 0 aliphatic carbocycles. The maximum atomic E-state index is 11.8. The Kier molecular flexibility index (Phi) is 8.54. The van der Waals surface area contributed by atoms with Crippen LogP contribution in [0, 0.1) is 5.41 Å². The predicted octanol–water partition coefficient (Wildman–Crippen LogP) is 8.81. The van der Waals surface area contributed by atoms with Crippen LogP contribution in [-0.2, 0) is 5.41 Å². The van der Waals surface area contributed by atoms with Crippen molar-refractivity contribution in [2.75, 3.05) is 0 Å². The third-order valence-electron chi connectivity index (χ3n) is 5.15. The third-order valence-corrected chi connectivity index (χ3v) is 5.15. The average molecular weight is 497 g/mol. The molecule has 2 heterocycles. The van der Waals surface area contributed by atoms with Crippen LogP contribution in [0.15, 0.2) is 105 Å². The van der Waals surface area contributed by atoms with E-state index in [2.05, 4.69) is 48.5 Å². The van der Waals surface area contributed by atoms with E-state index < -0.39 is 0 Å². The van der Waals surface area contributed by atoms with Gasteiger partial charge in [-0.25, -0.2) is 4.79 Å². The number of carbonyl (C=O) groups excluding carboxylic acids is 1. The molecule has 0 fully saturated rings. The van der Waals surface area contributed by atoms with E-state index in [4.69, 9.17) is 8.83 Å². The molecule has 4 nitrogen and oxygen atoms in total. The molecule has 0 radical (unpaired) electrons. The SMILES string of the molecule is CC(C)(C)C.CC(C)(C)c1c2occc2cc2ccc(=O)oc12.O=C(c1ccccc1)c1ccccc1. The van der Waals surface area contributed by atoms with Gasteiger partial charge in [0.15, 0.2) is 5.78 Å². The first-order valence-corrected chi connectivity index (χ1v) is 12.4. The summed E-state index contributed by atoms with van der Waals surface area (Å²) in [6.45, 7) is 15.0. The number of furan rings is 1. The molecule has 37 heavy (non-hydrogen) atoms. The Labute approximate surface area is 218 Å². The van der Waals surface area contributed by atoms with E-state index in [-0.39, 0.29) is 16.8 Å². The van der Waals surface area contributed by atoms with Crippen molar-refractivity contribution in [2.24, 2.45) is 5.41 Å². The predicted molar refractivity (Wildman–Crippen MR) is 152 cm³/mol. The zero-order chi connectivity index (χ0) is 27.2. The van der Waals surface area contributed by atoms with E-state index in [0.717, 1.165) is 33.0 Å². The summed E-state index contributed by atoms with van der Waals surface area (Å²) in [4.78, 5) is 23.3. The second-order valence-corrected chi connectivity index (χ2v) is 11.6. The van der Waals surface area contributed by atoms with Gasteiger partial charge in [0, 0.05) is 33.5 Å². The summed E-state index contributed by atoms with van der Waals surface area (Å²) < 4.78 is 10.9. The zero-order valence-electron chi connectivity index (χ0n) is 22.8. The number of hydrogen-bond acceptors (Lipinski definition) is 4. The summed E-state index contributed by atoms with van der Waals surface area (Å²) in [5.74, 6) is 0.0752. The Morgan fingerprint density at radius 2 is 1.14 bits per heavy atom. The maximum Gasteiger partial charge on any atom is 0.336 e. The van der Waals surface area contributed by atoms with E-state index in [1.807, 2.05) is 72.8 Å². The van der Waals surface area contributed by atoms with Gasteiger partial charge >= 0.3 is 5.63 Å². The molecule has 2 aromatic heterocycles. The molecule has 0 aliphatic heterocycles. The van der Waals surface area contributed by atoms with Crippen molar-refractivity contribution < 1.29 is 13.6 Å². The maximum absolute atomic E-state index is 11.8. The zero-order valence-corrected chi connectivity index (χ0v) is 22.8. The summed E-state index contributed by atoms with van der Waals surface area (Å²) in [5, 5.41) is 1.95. The lowest BCUT2D eigenvalue weighted by Crippen LogP contribution is -2.13. The normalized spacial score (nSPS) is 11.3. The van der Waals surface area contributed by atoms with E-state index >= 15 is 0 Å². The highest BCUT2D eigenvalue weighted by atomic mass is 16.4. The van der Waals surface area contributed by atoms with Gasteiger partial charge in [-0.3, -0.25) is 4.79 Å². The molecule has 0 bridgehead atoms. The van der Waals surface area contributed by atoms with Crippen molar-refractivity contribution in [2.45, 2.75) is 53.9 Å². The Morgan fingerprint density at radius 3 is 1.62 bits per heavy atom. The first-order valence-electron chi connectivity index (χ1n) is 12.4. The summed E-state index contributed by atoms with van der Waals surface area (Å²) in [5.41, 5.74) is 3.84. The number of ketones is 1. The molecule has 5 aromatic rings. The van der Waals surface area contributed by atoms with Crippen molar-refractivity contribution in [1.29, 1.82) is 0 Å². The molecule has 0 spiro atoms. The molecule has 0 atom stereocenters. The first kappa shape index (κ1) is 27.7. The van der Waals surface area contributed by atoms with Gasteiger partial charge in [0.1, 0.15) is 11.2 Å². The molecule has 3 aromatic carbocycles. The average Bonchev–Trinajstić information content (AvgIpc) is 3.29. The topological polar surface area (TPSA) is 60.4 Å². The monoisotopic (exact) mass is 496 g/mol.